The number of esters is 1. The Labute approximate surface area is 192 Å². The van der Waals surface area contributed by atoms with Gasteiger partial charge in [0.25, 0.3) is 5.91 Å². The minimum atomic E-state index is -0.312. The van der Waals surface area contributed by atoms with Gasteiger partial charge in [0, 0.05) is 17.8 Å². The number of carbonyl (C=O) groups excluding carboxylic acids is 2. The highest BCUT2D eigenvalue weighted by atomic mass is 16.5. The van der Waals surface area contributed by atoms with Crippen LogP contribution >= 0.6 is 0 Å². The molecule has 2 N–H and O–H groups in total. The zero-order valence-electron chi connectivity index (χ0n) is 20.0. The van der Waals surface area contributed by atoms with Gasteiger partial charge < -0.3 is 15.4 Å². The highest BCUT2D eigenvalue weighted by Crippen LogP contribution is 2.50. The topological polar surface area (TPSA) is 79.8 Å². The Bertz CT molecular complexity index is 861. The summed E-state index contributed by atoms with van der Waals surface area (Å²) in [4.78, 5) is 28.3. The van der Waals surface area contributed by atoms with Crippen LogP contribution in [0, 0.1) is 11.3 Å². The first-order valence-corrected chi connectivity index (χ1v) is 11.3. The molecule has 0 radical (unpaired) electrons. The van der Waals surface area contributed by atoms with Crippen LogP contribution in [0.15, 0.2) is 53.8 Å². The Kier molecular flexibility index (Phi) is 9.24. The van der Waals surface area contributed by atoms with E-state index in [-0.39, 0.29) is 30.9 Å². The standard InChI is InChI=1S/C26H37N3O3/c1-7-9-18(3)28-19(4)29-24(22-16-26(5,6)17-22)20-10-12-21(13-11-20)25(31)27-15-14-23(30)32-8-2/h7,9-13,22,24,29H,4,8,14-17H2,1-3,5-6H3,(H,27,31)/b9-7-,28-18+. The van der Waals surface area contributed by atoms with Gasteiger partial charge in [0.1, 0.15) is 5.82 Å². The Morgan fingerprint density at radius 2 is 1.94 bits per heavy atom. The van der Waals surface area contributed by atoms with E-state index in [4.69, 9.17) is 4.74 Å². The van der Waals surface area contributed by atoms with Crippen molar-refractivity contribution in [3.8, 4) is 0 Å². The molecule has 6 nitrogen and oxygen atoms in total. The number of carbonyl (C=O) groups is 2. The molecule has 1 amide bonds. The Morgan fingerprint density at radius 1 is 1.28 bits per heavy atom. The first-order valence-electron chi connectivity index (χ1n) is 11.3. The van der Waals surface area contributed by atoms with E-state index in [0.717, 1.165) is 24.1 Å². The Hall–Kier alpha value is -2.89. The quantitative estimate of drug-likeness (QED) is 0.378. The molecule has 1 saturated carbocycles. The number of nitrogens with zero attached hydrogens (tertiary/aromatic N) is 1. The minimum absolute atomic E-state index is 0.0820. The summed E-state index contributed by atoms with van der Waals surface area (Å²) >= 11 is 0. The summed E-state index contributed by atoms with van der Waals surface area (Å²) in [5, 5.41) is 6.27. The SMILES string of the molecule is C=C(/N=C(C)/C=C\C)NC(c1ccc(C(=O)NCCC(=O)OCC)cc1)C1CC(C)(C)C1. The van der Waals surface area contributed by atoms with Crippen LogP contribution < -0.4 is 10.6 Å². The van der Waals surface area contributed by atoms with Gasteiger partial charge >= 0.3 is 5.97 Å². The zero-order valence-corrected chi connectivity index (χ0v) is 20.0. The lowest BCUT2D eigenvalue weighted by Gasteiger charge is -2.47. The number of nitrogens with one attached hydrogen (secondary N) is 2. The average Bonchev–Trinajstić information content (AvgIpc) is 2.70. The van der Waals surface area contributed by atoms with Gasteiger partial charge in [-0.25, -0.2) is 4.99 Å². The number of ether oxygens (including phenoxy) is 1. The largest absolute Gasteiger partial charge is 0.466 e. The van der Waals surface area contributed by atoms with Gasteiger partial charge in [0.2, 0.25) is 0 Å². The molecular formula is C26H37N3O3. The minimum Gasteiger partial charge on any atom is -0.466 e. The second-order valence-corrected chi connectivity index (χ2v) is 9.09. The molecular weight excluding hydrogens is 402 g/mol. The maximum absolute atomic E-state index is 12.4. The Balaban J connectivity index is 2.06. The highest BCUT2D eigenvalue weighted by Gasteiger charge is 2.41. The van der Waals surface area contributed by atoms with Crippen molar-refractivity contribution in [3.63, 3.8) is 0 Å². The molecule has 1 aromatic rings. The maximum Gasteiger partial charge on any atom is 0.307 e. The lowest BCUT2D eigenvalue weighted by Crippen LogP contribution is -2.40. The van der Waals surface area contributed by atoms with Crippen molar-refractivity contribution in [2.24, 2.45) is 16.3 Å². The molecule has 1 fully saturated rings. The van der Waals surface area contributed by atoms with E-state index >= 15 is 0 Å². The van der Waals surface area contributed by atoms with Crippen LogP contribution in [0.4, 0.5) is 0 Å². The summed E-state index contributed by atoms with van der Waals surface area (Å²) in [6.07, 6.45) is 6.30. The van der Waals surface area contributed by atoms with Crippen molar-refractivity contribution in [3.05, 3.63) is 59.9 Å². The van der Waals surface area contributed by atoms with E-state index < -0.39 is 0 Å². The Morgan fingerprint density at radius 3 is 2.50 bits per heavy atom. The number of hydrogen-bond donors (Lipinski definition) is 2. The molecule has 174 valence electrons. The third-order valence-corrected chi connectivity index (χ3v) is 5.59. The summed E-state index contributed by atoms with van der Waals surface area (Å²) in [5.74, 6) is 0.596. The fourth-order valence-corrected chi connectivity index (χ4v) is 4.23. The molecule has 1 unspecified atom stereocenters. The molecule has 0 bridgehead atoms. The summed E-state index contributed by atoms with van der Waals surface area (Å²) in [7, 11) is 0. The normalized spacial score (nSPS) is 16.8. The van der Waals surface area contributed by atoms with Gasteiger partial charge in [0.15, 0.2) is 0 Å². The number of aliphatic imine (C=N–C) groups is 1. The first-order chi connectivity index (χ1) is 15.1. The number of rotatable bonds is 11. The van der Waals surface area contributed by atoms with Crippen molar-refractivity contribution in [1.29, 1.82) is 0 Å². The van der Waals surface area contributed by atoms with Gasteiger partial charge in [-0.1, -0.05) is 38.6 Å². The molecule has 0 heterocycles. The first kappa shape index (κ1) is 25.4. The molecule has 1 aliphatic rings. The summed E-state index contributed by atoms with van der Waals surface area (Å²) < 4.78 is 4.88. The van der Waals surface area contributed by atoms with Gasteiger partial charge in [-0.05, 0) is 68.7 Å². The van der Waals surface area contributed by atoms with Crippen LogP contribution in [0.2, 0.25) is 0 Å². The molecule has 0 saturated heterocycles. The van der Waals surface area contributed by atoms with Crippen LogP contribution in [0.3, 0.4) is 0 Å². The number of benzene rings is 1. The second kappa shape index (κ2) is 11.7. The summed E-state index contributed by atoms with van der Waals surface area (Å²) in [6.45, 7) is 14.9. The third-order valence-electron chi connectivity index (χ3n) is 5.59. The molecule has 1 aliphatic carbocycles. The average molecular weight is 440 g/mol. The van der Waals surface area contributed by atoms with Crippen LogP contribution in [-0.4, -0.2) is 30.7 Å². The number of hydrogen-bond acceptors (Lipinski definition) is 5. The summed E-state index contributed by atoms with van der Waals surface area (Å²) in [6, 6.07) is 7.70. The van der Waals surface area contributed by atoms with Gasteiger partial charge in [-0.2, -0.15) is 0 Å². The van der Waals surface area contributed by atoms with Crippen LogP contribution in [-0.2, 0) is 9.53 Å². The van der Waals surface area contributed by atoms with E-state index in [0.29, 0.717) is 29.3 Å². The summed E-state index contributed by atoms with van der Waals surface area (Å²) in [5.41, 5.74) is 2.90. The van der Waals surface area contributed by atoms with E-state index in [1.807, 2.05) is 50.3 Å². The molecule has 0 spiro atoms. The fraction of sp³-hybridized carbons (Fsp3) is 0.500. The van der Waals surface area contributed by atoms with E-state index in [1.54, 1.807) is 6.92 Å². The van der Waals surface area contributed by atoms with Crippen LogP contribution in [0.5, 0.6) is 0 Å². The molecule has 1 aromatic carbocycles. The van der Waals surface area contributed by atoms with Gasteiger partial charge in [-0.15, -0.1) is 0 Å². The molecule has 6 heteroatoms. The lowest BCUT2D eigenvalue weighted by atomic mass is 9.61. The monoisotopic (exact) mass is 439 g/mol. The maximum atomic E-state index is 12.4. The molecule has 0 aliphatic heterocycles. The van der Waals surface area contributed by atoms with Crippen molar-refractivity contribution in [2.75, 3.05) is 13.2 Å². The molecule has 32 heavy (non-hydrogen) atoms. The second-order valence-electron chi connectivity index (χ2n) is 9.09. The van der Waals surface area contributed by atoms with Crippen LogP contribution in [0.1, 0.15) is 75.8 Å². The predicted molar refractivity (Wildman–Crippen MR) is 129 cm³/mol. The zero-order chi connectivity index (χ0) is 23.7. The molecule has 2 rings (SSSR count). The third kappa shape index (κ3) is 7.66. The molecule has 1 atom stereocenters. The van der Waals surface area contributed by atoms with Crippen molar-refractivity contribution in [1.82, 2.24) is 10.6 Å². The smallest absolute Gasteiger partial charge is 0.307 e. The van der Waals surface area contributed by atoms with Crippen molar-refractivity contribution < 1.29 is 14.3 Å². The lowest BCUT2D eigenvalue weighted by molar-refractivity contribution is -0.142. The van der Waals surface area contributed by atoms with E-state index in [9.17, 15) is 9.59 Å². The van der Waals surface area contributed by atoms with Gasteiger partial charge in [0.05, 0.1) is 19.1 Å². The van der Waals surface area contributed by atoms with E-state index in [2.05, 4.69) is 36.1 Å². The molecule has 0 aromatic heterocycles. The number of amides is 1. The van der Waals surface area contributed by atoms with Gasteiger partial charge in [-0.3, -0.25) is 9.59 Å². The van der Waals surface area contributed by atoms with Crippen molar-refractivity contribution >= 4 is 17.6 Å². The highest BCUT2D eigenvalue weighted by molar-refractivity contribution is 5.94. The van der Waals surface area contributed by atoms with E-state index in [1.165, 1.54) is 0 Å². The number of allylic oxidation sites excluding steroid dienone is 2. The predicted octanol–water partition coefficient (Wildman–Crippen LogP) is 4.94. The fourth-order valence-electron chi connectivity index (χ4n) is 4.23. The van der Waals surface area contributed by atoms with Crippen molar-refractivity contribution in [2.45, 2.75) is 59.9 Å². The van der Waals surface area contributed by atoms with Crippen LogP contribution in [0.25, 0.3) is 0 Å².